The van der Waals surface area contributed by atoms with Crippen molar-refractivity contribution in [3.05, 3.63) is 0 Å². The lowest BCUT2D eigenvalue weighted by Gasteiger charge is -2.25. The molecule has 0 heterocycles. The van der Waals surface area contributed by atoms with Gasteiger partial charge in [0.2, 0.25) is 0 Å². The molecule has 0 spiro atoms. The van der Waals surface area contributed by atoms with Crippen LogP contribution in [0.3, 0.4) is 0 Å². The maximum Gasteiger partial charge on any atom is 0.00483 e. The summed E-state index contributed by atoms with van der Waals surface area (Å²) < 4.78 is 0. The Morgan fingerprint density at radius 3 is 2.36 bits per heavy atom. The van der Waals surface area contributed by atoms with Gasteiger partial charge in [0.05, 0.1) is 0 Å². The molecule has 1 aliphatic rings. The fourth-order valence-corrected chi connectivity index (χ4v) is 2.37. The smallest absolute Gasteiger partial charge is 0.00483 e. The molecule has 1 saturated carbocycles. The van der Waals surface area contributed by atoms with E-state index in [1.807, 2.05) is 0 Å². The van der Waals surface area contributed by atoms with Crippen LogP contribution in [0.1, 0.15) is 39.5 Å². The van der Waals surface area contributed by atoms with Gasteiger partial charge in [0.1, 0.15) is 0 Å². The van der Waals surface area contributed by atoms with Crippen LogP contribution in [0.4, 0.5) is 0 Å². The zero-order chi connectivity index (χ0) is 10.6. The summed E-state index contributed by atoms with van der Waals surface area (Å²) >= 11 is 0. The van der Waals surface area contributed by atoms with Crippen molar-refractivity contribution in [3.8, 4) is 0 Å². The normalized spacial score (nSPS) is 22.9. The third-order valence-electron chi connectivity index (χ3n) is 3.54. The first-order chi connectivity index (χ1) is 6.59. The quantitative estimate of drug-likeness (QED) is 0.733. The van der Waals surface area contributed by atoms with Crippen molar-refractivity contribution < 1.29 is 0 Å². The van der Waals surface area contributed by atoms with Gasteiger partial charge in [0, 0.05) is 19.1 Å². The van der Waals surface area contributed by atoms with E-state index in [9.17, 15) is 0 Å². The fourth-order valence-electron chi connectivity index (χ4n) is 2.37. The lowest BCUT2D eigenvalue weighted by molar-refractivity contribution is 0.233. The molecule has 0 bridgehead atoms. The molecule has 14 heavy (non-hydrogen) atoms. The zero-order valence-corrected chi connectivity index (χ0v) is 10.00. The first-order valence-electron chi connectivity index (χ1n) is 6.03. The number of nitrogens with two attached hydrogens (primary N) is 1. The second-order valence-electron chi connectivity index (χ2n) is 5.21. The van der Waals surface area contributed by atoms with Crippen LogP contribution in [0.15, 0.2) is 0 Å². The van der Waals surface area contributed by atoms with Gasteiger partial charge in [0.15, 0.2) is 0 Å². The zero-order valence-electron chi connectivity index (χ0n) is 10.00. The molecule has 84 valence electrons. The molecule has 2 nitrogen and oxygen atoms in total. The number of hydrogen-bond acceptors (Lipinski definition) is 2. The SMILES string of the molecule is CC(N)C(C)CN(C)CC1CCCC1. The van der Waals surface area contributed by atoms with Gasteiger partial charge in [-0.3, -0.25) is 0 Å². The predicted octanol–water partition coefficient (Wildman–Crippen LogP) is 2.09. The summed E-state index contributed by atoms with van der Waals surface area (Å²) in [6, 6.07) is 0.320. The van der Waals surface area contributed by atoms with E-state index in [1.54, 1.807) is 0 Å². The Balaban J connectivity index is 2.17. The molecular weight excluding hydrogens is 172 g/mol. The summed E-state index contributed by atoms with van der Waals surface area (Å²) in [6.45, 7) is 6.77. The molecule has 2 atom stereocenters. The van der Waals surface area contributed by atoms with Gasteiger partial charge in [-0.15, -0.1) is 0 Å². The van der Waals surface area contributed by atoms with Crippen LogP contribution in [-0.2, 0) is 0 Å². The fraction of sp³-hybridized carbons (Fsp3) is 1.00. The van der Waals surface area contributed by atoms with E-state index < -0.39 is 0 Å². The molecule has 2 heteroatoms. The second-order valence-corrected chi connectivity index (χ2v) is 5.21. The first kappa shape index (κ1) is 12.0. The largest absolute Gasteiger partial charge is 0.328 e. The maximum atomic E-state index is 5.87. The van der Waals surface area contributed by atoms with Crippen LogP contribution >= 0.6 is 0 Å². The third kappa shape index (κ3) is 3.97. The number of nitrogens with zero attached hydrogens (tertiary/aromatic N) is 1. The average molecular weight is 198 g/mol. The van der Waals surface area contributed by atoms with Crippen molar-refractivity contribution in [2.24, 2.45) is 17.6 Å². The minimum Gasteiger partial charge on any atom is -0.328 e. The van der Waals surface area contributed by atoms with Crippen molar-refractivity contribution in [2.45, 2.75) is 45.6 Å². The van der Waals surface area contributed by atoms with E-state index in [0.717, 1.165) is 12.5 Å². The topological polar surface area (TPSA) is 29.3 Å². The number of hydrogen-bond donors (Lipinski definition) is 1. The van der Waals surface area contributed by atoms with E-state index in [1.165, 1.54) is 32.2 Å². The van der Waals surface area contributed by atoms with Crippen LogP contribution in [0.2, 0.25) is 0 Å². The minimum absolute atomic E-state index is 0.320. The van der Waals surface area contributed by atoms with E-state index in [2.05, 4.69) is 25.8 Å². The van der Waals surface area contributed by atoms with Crippen molar-refractivity contribution in [1.82, 2.24) is 4.90 Å². The highest BCUT2D eigenvalue weighted by Gasteiger charge is 2.18. The second kappa shape index (κ2) is 5.72. The van der Waals surface area contributed by atoms with Crippen LogP contribution in [-0.4, -0.2) is 31.1 Å². The maximum absolute atomic E-state index is 5.87. The summed E-state index contributed by atoms with van der Waals surface area (Å²) in [5.41, 5.74) is 5.87. The highest BCUT2D eigenvalue weighted by atomic mass is 15.1. The highest BCUT2D eigenvalue weighted by Crippen LogP contribution is 2.25. The molecule has 0 amide bonds. The highest BCUT2D eigenvalue weighted by molar-refractivity contribution is 4.73. The molecule has 1 fully saturated rings. The Morgan fingerprint density at radius 2 is 1.86 bits per heavy atom. The lowest BCUT2D eigenvalue weighted by atomic mass is 10.0. The Hall–Kier alpha value is -0.0800. The van der Waals surface area contributed by atoms with Gasteiger partial charge < -0.3 is 10.6 Å². The van der Waals surface area contributed by atoms with Crippen LogP contribution in [0, 0.1) is 11.8 Å². The van der Waals surface area contributed by atoms with Crippen LogP contribution in [0.25, 0.3) is 0 Å². The van der Waals surface area contributed by atoms with E-state index >= 15 is 0 Å². The Morgan fingerprint density at radius 1 is 1.29 bits per heavy atom. The molecule has 2 unspecified atom stereocenters. The molecule has 2 N–H and O–H groups in total. The van der Waals surface area contributed by atoms with E-state index in [-0.39, 0.29) is 0 Å². The molecule has 0 aromatic rings. The Kier molecular flexibility index (Phi) is 4.90. The summed E-state index contributed by atoms with van der Waals surface area (Å²) in [5.74, 6) is 1.57. The van der Waals surface area contributed by atoms with Gasteiger partial charge in [0.25, 0.3) is 0 Å². The molecule has 0 aromatic carbocycles. The standard InChI is InChI=1S/C12H26N2/c1-10(11(2)13)8-14(3)9-12-6-4-5-7-12/h10-12H,4-9,13H2,1-3H3. The first-order valence-corrected chi connectivity index (χ1v) is 6.03. The van der Waals surface area contributed by atoms with Crippen LogP contribution < -0.4 is 5.73 Å². The summed E-state index contributed by atoms with van der Waals surface area (Å²) in [7, 11) is 2.23. The average Bonchev–Trinajstić information content (AvgIpc) is 2.56. The van der Waals surface area contributed by atoms with Crippen molar-refractivity contribution in [1.29, 1.82) is 0 Å². The van der Waals surface area contributed by atoms with Gasteiger partial charge >= 0.3 is 0 Å². The molecule has 1 aliphatic carbocycles. The predicted molar refractivity (Wildman–Crippen MR) is 62.3 cm³/mol. The van der Waals surface area contributed by atoms with Gasteiger partial charge in [-0.25, -0.2) is 0 Å². The lowest BCUT2D eigenvalue weighted by Crippen LogP contribution is -2.36. The number of rotatable bonds is 5. The van der Waals surface area contributed by atoms with Crippen LogP contribution in [0.5, 0.6) is 0 Å². The molecule has 1 rings (SSSR count). The molecule has 0 aliphatic heterocycles. The van der Waals surface area contributed by atoms with E-state index in [0.29, 0.717) is 12.0 Å². The molecular formula is C12H26N2. The van der Waals surface area contributed by atoms with Gasteiger partial charge in [-0.1, -0.05) is 19.8 Å². The summed E-state index contributed by atoms with van der Waals surface area (Å²) in [5, 5.41) is 0. The summed E-state index contributed by atoms with van der Waals surface area (Å²) in [4.78, 5) is 2.46. The minimum atomic E-state index is 0.320. The van der Waals surface area contributed by atoms with Gasteiger partial charge in [-0.05, 0) is 38.6 Å². The van der Waals surface area contributed by atoms with Gasteiger partial charge in [-0.2, -0.15) is 0 Å². The van der Waals surface area contributed by atoms with Crippen molar-refractivity contribution in [2.75, 3.05) is 20.1 Å². The van der Waals surface area contributed by atoms with E-state index in [4.69, 9.17) is 5.73 Å². The molecule has 0 aromatic heterocycles. The Bertz CT molecular complexity index is 146. The van der Waals surface area contributed by atoms with Crippen molar-refractivity contribution in [3.63, 3.8) is 0 Å². The van der Waals surface area contributed by atoms with Crippen molar-refractivity contribution >= 4 is 0 Å². The Labute approximate surface area is 88.8 Å². The molecule has 0 saturated heterocycles. The third-order valence-corrected chi connectivity index (χ3v) is 3.54. The molecule has 0 radical (unpaired) electrons. The summed E-state index contributed by atoms with van der Waals surface area (Å²) in [6.07, 6.45) is 5.77. The monoisotopic (exact) mass is 198 g/mol.